The first kappa shape index (κ1) is 10.8. The van der Waals surface area contributed by atoms with Crippen LogP contribution < -0.4 is 5.01 Å². The zero-order chi connectivity index (χ0) is 11.8. The first-order valence-electron chi connectivity index (χ1n) is 4.41. The molecule has 0 bridgehead atoms. The van der Waals surface area contributed by atoms with E-state index in [9.17, 15) is 13.2 Å². The fourth-order valence-electron chi connectivity index (χ4n) is 1.34. The van der Waals surface area contributed by atoms with Crippen molar-refractivity contribution in [2.75, 3.05) is 5.01 Å². The molecule has 0 saturated heterocycles. The largest absolute Gasteiger partial charge is 0.294 e. The molecule has 6 nitrogen and oxygen atoms in total. The van der Waals surface area contributed by atoms with Crippen LogP contribution in [0.4, 0.5) is 5.69 Å². The molecule has 0 aromatic heterocycles. The second kappa shape index (κ2) is 3.69. The Labute approximate surface area is 91.9 Å². The summed E-state index contributed by atoms with van der Waals surface area (Å²) >= 11 is 0. The lowest BCUT2D eigenvalue weighted by atomic mass is 10.3. The van der Waals surface area contributed by atoms with Crippen LogP contribution in [0.15, 0.2) is 34.3 Å². The van der Waals surface area contributed by atoms with Gasteiger partial charge < -0.3 is 0 Å². The highest BCUT2D eigenvalue weighted by Crippen LogP contribution is 2.21. The van der Waals surface area contributed by atoms with Gasteiger partial charge in [0, 0.05) is 6.21 Å². The van der Waals surface area contributed by atoms with Crippen molar-refractivity contribution in [3.63, 3.8) is 0 Å². The van der Waals surface area contributed by atoms with E-state index in [1.807, 2.05) is 0 Å². The minimum Gasteiger partial charge on any atom is -0.282 e. The summed E-state index contributed by atoms with van der Waals surface area (Å²) in [5.74, 6) is -0.243. The third-order valence-corrected chi connectivity index (χ3v) is 2.91. The molecule has 84 valence electrons. The Morgan fingerprint density at radius 2 is 2.12 bits per heavy atom. The second-order valence-corrected chi connectivity index (χ2v) is 4.60. The summed E-state index contributed by atoms with van der Waals surface area (Å²) in [4.78, 5) is 11.1. The molecular formula is C9H8N2O4S. The SMILES string of the molecule is O=C1CC=NN1c1cccc(S(=O)(=O)O)c1. The van der Waals surface area contributed by atoms with Crippen molar-refractivity contribution in [1.82, 2.24) is 0 Å². The van der Waals surface area contributed by atoms with Gasteiger partial charge >= 0.3 is 0 Å². The molecule has 0 unspecified atom stereocenters. The van der Waals surface area contributed by atoms with E-state index in [2.05, 4.69) is 5.10 Å². The maximum atomic E-state index is 11.3. The number of carbonyl (C=O) groups excluding carboxylic acids is 1. The van der Waals surface area contributed by atoms with E-state index < -0.39 is 10.1 Å². The molecule has 0 radical (unpaired) electrons. The fourth-order valence-corrected chi connectivity index (χ4v) is 1.86. The van der Waals surface area contributed by atoms with Crippen LogP contribution in [0.1, 0.15) is 6.42 Å². The van der Waals surface area contributed by atoms with Crippen molar-refractivity contribution < 1.29 is 17.8 Å². The molecule has 1 aliphatic heterocycles. The van der Waals surface area contributed by atoms with Crippen LogP contribution in [0.2, 0.25) is 0 Å². The first-order chi connectivity index (χ1) is 7.48. The Morgan fingerprint density at radius 1 is 1.38 bits per heavy atom. The summed E-state index contributed by atoms with van der Waals surface area (Å²) < 4.78 is 30.6. The van der Waals surface area contributed by atoms with Crippen LogP contribution in [0.3, 0.4) is 0 Å². The Bertz CT molecular complexity index is 565. The molecule has 0 aliphatic carbocycles. The predicted molar refractivity (Wildman–Crippen MR) is 56.9 cm³/mol. The van der Waals surface area contributed by atoms with Crippen molar-refractivity contribution >= 4 is 27.9 Å². The summed E-state index contributed by atoms with van der Waals surface area (Å²) in [7, 11) is -4.26. The zero-order valence-corrected chi connectivity index (χ0v) is 8.88. The van der Waals surface area contributed by atoms with Gasteiger partial charge in [0.1, 0.15) is 0 Å². The summed E-state index contributed by atoms with van der Waals surface area (Å²) in [6.07, 6.45) is 1.62. The van der Waals surface area contributed by atoms with Crippen LogP contribution in [-0.4, -0.2) is 25.1 Å². The van der Waals surface area contributed by atoms with E-state index in [-0.39, 0.29) is 17.2 Å². The monoisotopic (exact) mass is 240 g/mol. The zero-order valence-electron chi connectivity index (χ0n) is 8.07. The van der Waals surface area contributed by atoms with Crippen LogP contribution in [0.5, 0.6) is 0 Å². The number of benzene rings is 1. The molecule has 0 spiro atoms. The van der Waals surface area contributed by atoms with Gasteiger partial charge in [0.05, 0.1) is 17.0 Å². The van der Waals surface area contributed by atoms with Gasteiger partial charge in [-0.25, -0.2) is 5.01 Å². The number of hydrogen-bond donors (Lipinski definition) is 1. The van der Waals surface area contributed by atoms with Crippen LogP contribution in [0, 0.1) is 0 Å². The van der Waals surface area contributed by atoms with Crippen LogP contribution in [-0.2, 0) is 14.9 Å². The van der Waals surface area contributed by atoms with Gasteiger partial charge in [-0.3, -0.25) is 9.35 Å². The van der Waals surface area contributed by atoms with Crippen molar-refractivity contribution in [3.8, 4) is 0 Å². The third-order valence-electron chi connectivity index (χ3n) is 2.06. The maximum absolute atomic E-state index is 11.3. The molecule has 1 N–H and O–H groups in total. The van der Waals surface area contributed by atoms with E-state index >= 15 is 0 Å². The number of anilines is 1. The first-order valence-corrected chi connectivity index (χ1v) is 5.85. The smallest absolute Gasteiger partial charge is 0.282 e. The topological polar surface area (TPSA) is 87.0 Å². The van der Waals surface area contributed by atoms with Gasteiger partial charge in [-0.2, -0.15) is 13.5 Å². The minimum atomic E-state index is -4.26. The van der Waals surface area contributed by atoms with Crippen LogP contribution >= 0.6 is 0 Å². The van der Waals surface area contributed by atoms with Crippen molar-refractivity contribution in [2.24, 2.45) is 5.10 Å². The number of rotatable bonds is 2. The van der Waals surface area contributed by atoms with Crippen molar-refractivity contribution in [2.45, 2.75) is 11.3 Å². The highest BCUT2D eigenvalue weighted by Gasteiger charge is 2.20. The van der Waals surface area contributed by atoms with Gasteiger partial charge in [0.15, 0.2) is 0 Å². The van der Waals surface area contributed by atoms with E-state index in [0.29, 0.717) is 5.69 Å². The molecule has 1 aliphatic rings. The highest BCUT2D eigenvalue weighted by molar-refractivity contribution is 7.85. The lowest BCUT2D eigenvalue weighted by Crippen LogP contribution is -2.19. The molecule has 1 aromatic rings. The molecule has 0 atom stereocenters. The Kier molecular flexibility index (Phi) is 2.49. The number of hydrazone groups is 1. The van der Waals surface area contributed by atoms with E-state index in [4.69, 9.17) is 4.55 Å². The number of hydrogen-bond acceptors (Lipinski definition) is 4. The summed E-state index contributed by atoms with van der Waals surface area (Å²) in [5.41, 5.74) is 0.314. The molecule has 1 amide bonds. The van der Waals surface area contributed by atoms with Gasteiger partial charge in [-0.15, -0.1) is 0 Å². The van der Waals surface area contributed by atoms with Gasteiger partial charge in [-0.05, 0) is 18.2 Å². The number of nitrogens with zero attached hydrogens (tertiary/aromatic N) is 2. The van der Waals surface area contributed by atoms with E-state index in [1.54, 1.807) is 0 Å². The van der Waals surface area contributed by atoms with Crippen LogP contribution in [0.25, 0.3) is 0 Å². The van der Waals surface area contributed by atoms with Crippen molar-refractivity contribution in [1.29, 1.82) is 0 Å². The number of amides is 1. The van der Waals surface area contributed by atoms with Gasteiger partial charge in [0.2, 0.25) is 0 Å². The molecular weight excluding hydrogens is 232 g/mol. The molecule has 2 rings (SSSR count). The normalized spacial score (nSPS) is 15.8. The standard InChI is InChI=1S/C9H8N2O4S/c12-9-4-5-10-11(9)7-2-1-3-8(6-7)16(13,14)15/h1-3,5-6H,4H2,(H,13,14,15). The van der Waals surface area contributed by atoms with Crippen molar-refractivity contribution in [3.05, 3.63) is 24.3 Å². The summed E-state index contributed by atoms with van der Waals surface area (Å²) in [6.45, 7) is 0. The quantitative estimate of drug-likeness (QED) is 0.769. The minimum absolute atomic E-state index is 0.191. The number of carbonyl (C=O) groups is 1. The Hall–Kier alpha value is -1.73. The molecule has 7 heteroatoms. The lowest BCUT2D eigenvalue weighted by molar-refractivity contribution is -0.116. The van der Waals surface area contributed by atoms with Gasteiger partial charge in [-0.1, -0.05) is 6.07 Å². The molecule has 0 saturated carbocycles. The summed E-state index contributed by atoms with van der Waals surface area (Å²) in [6, 6.07) is 5.40. The van der Waals surface area contributed by atoms with Gasteiger partial charge in [0.25, 0.3) is 16.0 Å². The third kappa shape index (κ3) is 1.95. The maximum Gasteiger partial charge on any atom is 0.294 e. The predicted octanol–water partition coefficient (Wildman–Crippen LogP) is 0.656. The Balaban J connectivity index is 2.44. The Morgan fingerprint density at radius 3 is 2.69 bits per heavy atom. The van der Waals surface area contributed by atoms with E-state index in [1.165, 1.54) is 30.5 Å². The second-order valence-electron chi connectivity index (χ2n) is 3.18. The highest BCUT2D eigenvalue weighted by atomic mass is 32.2. The summed E-state index contributed by atoms with van der Waals surface area (Å²) in [5, 5.41) is 4.88. The molecule has 0 fully saturated rings. The average molecular weight is 240 g/mol. The fraction of sp³-hybridized carbons (Fsp3) is 0.111. The molecule has 16 heavy (non-hydrogen) atoms. The lowest BCUT2D eigenvalue weighted by Gasteiger charge is -2.12. The average Bonchev–Trinajstić information content (AvgIpc) is 2.63. The molecule has 1 heterocycles. The van der Waals surface area contributed by atoms with E-state index in [0.717, 1.165) is 5.01 Å². The molecule has 1 aromatic carbocycles.